The van der Waals surface area contributed by atoms with Crippen molar-refractivity contribution in [1.29, 1.82) is 0 Å². The van der Waals surface area contributed by atoms with E-state index in [0.717, 1.165) is 27.8 Å². The molecule has 0 spiro atoms. The molecule has 0 aromatic heterocycles. The summed E-state index contributed by atoms with van der Waals surface area (Å²) in [6, 6.07) is 21.5. The normalized spacial score (nSPS) is 12.1. The molecule has 3 aromatic rings. The fraction of sp³-hybridized carbons (Fsp3) is 0.143. The maximum absolute atomic E-state index is 13.3. The van der Waals surface area contributed by atoms with Crippen LogP contribution < -0.4 is 0 Å². The second-order valence-electron chi connectivity index (χ2n) is 5.81. The van der Waals surface area contributed by atoms with Gasteiger partial charge in [0.2, 0.25) is 0 Å². The molecule has 0 aliphatic rings. The number of halogens is 3. The zero-order valence-corrected chi connectivity index (χ0v) is 15.9. The van der Waals surface area contributed by atoms with Crippen LogP contribution in [0.4, 0.5) is 8.78 Å². The Morgan fingerprint density at radius 3 is 2.08 bits per heavy atom. The summed E-state index contributed by atoms with van der Waals surface area (Å²) >= 11 is 5.30. The van der Waals surface area contributed by atoms with Crippen molar-refractivity contribution in [2.24, 2.45) is 0 Å². The first-order chi connectivity index (χ1) is 12.1. The van der Waals surface area contributed by atoms with Crippen molar-refractivity contribution in [3.8, 4) is 0 Å². The number of hydrogen-bond donors (Lipinski definition) is 0. The molecule has 128 valence electrons. The molecule has 25 heavy (non-hydrogen) atoms. The Labute approximate surface area is 159 Å². The lowest BCUT2D eigenvalue weighted by atomic mass is 10.0. The van der Waals surface area contributed by atoms with Gasteiger partial charge in [-0.2, -0.15) is 0 Å². The molecule has 3 aromatic carbocycles. The van der Waals surface area contributed by atoms with Gasteiger partial charge < -0.3 is 0 Å². The molecule has 4 heteroatoms. The van der Waals surface area contributed by atoms with E-state index in [2.05, 4.69) is 28.1 Å². The van der Waals surface area contributed by atoms with Crippen LogP contribution in [0.2, 0.25) is 0 Å². The van der Waals surface area contributed by atoms with Crippen LogP contribution in [0, 0.1) is 11.6 Å². The van der Waals surface area contributed by atoms with E-state index < -0.39 is 0 Å². The van der Waals surface area contributed by atoms with E-state index in [1.54, 1.807) is 11.8 Å². The predicted molar refractivity (Wildman–Crippen MR) is 105 cm³/mol. The van der Waals surface area contributed by atoms with Crippen LogP contribution in [0.15, 0.2) is 77.3 Å². The Kier molecular flexibility index (Phi) is 6.27. The van der Waals surface area contributed by atoms with E-state index in [9.17, 15) is 8.78 Å². The number of benzene rings is 3. The SMILES string of the molecule is Fc1ccc(CC(SCc2cccc(Br)c2)c2ccc(F)cc2)cc1. The van der Waals surface area contributed by atoms with Gasteiger partial charge in [0, 0.05) is 15.5 Å². The second-order valence-corrected chi connectivity index (χ2v) is 7.92. The summed E-state index contributed by atoms with van der Waals surface area (Å²) in [4.78, 5) is 0. The minimum Gasteiger partial charge on any atom is -0.207 e. The molecule has 0 fully saturated rings. The van der Waals surface area contributed by atoms with Gasteiger partial charge in [-0.05, 0) is 59.5 Å². The Morgan fingerprint density at radius 1 is 0.800 bits per heavy atom. The van der Waals surface area contributed by atoms with Crippen LogP contribution in [0.5, 0.6) is 0 Å². The highest BCUT2D eigenvalue weighted by atomic mass is 79.9. The molecule has 0 amide bonds. The van der Waals surface area contributed by atoms with Gasteiger partial charge in [-0.25, -0.2) is 8.78 Å². The van der Waals surface area contributed by atoms with Crippen molar-refractivity contribution >= 4 is 27.7 Å². The predicted octanol–water partition coefficient (Wildman–Crippen LogP) is 6.94. The smallest absolute Gasteiger partial charge is 0.123 e. The van der Waals surface area contributed by atoms with E-state index in [1.165, 1.54) is 29.8 Å². The standard InChI is InChI=1S/C21H17BrF2S/c22-18-3-1-2-16(12-18)14-25-21(17-6-10-20(24)11-7-17)13-15-4-8-19(23)9-5-15/h1-12,21H,13-14H2. The summed E-state index contributed by atoms with van der Waals surface area (Å²) in [5.74, 6) is 0.382. The van der Waals surface area contributed by atoms with E-state index >= 15 is 0 Å². The van der Waals surface area contributed by atoms with Gasteiger partial charge in [-0.3, -0.25) is 0 Å². The van der Waals surface area contributed by atoms with Crippen LogP contribution in [0.3, 0.4) is 0 Å². The third-order valence-electron chi connectivity index (χ3n) is 3.92. The van der Waals surface area contributed by atoms with Gasteiger partial charge in [0.1, 0.15) is 11.6 Å². The highest BCUT2D eigenvalue weighted by Crippen LogP contribution is 2.35. The van der Waals surface area contributed by atoms with Crippen molar-refractivity contribution in [2.75, 3.05) is 0 Å². The molecule has 0 radical (unpaired) electrons. The molecule has 0 heterocycles. The van der Waals surface area contributed by atoms with Crippen LogP contribution in [-0.4, -0.2) is 0 Å². The summed E-state index contributed by atoms with van der Waals surface area (Å²) < 4.78 is 27.5. The Morgan fingerprint density at radius 2 is 1.44 bits per heavy atom. The monoisotopic (exact) mass is 418 g/mol. The number of hydrogen-bond acceptors (Lipinski definition) is 1. The van der Waals surface area contributed by atoms with E-state index in [0.29, 0.717) is 0 Å². The van der Waals surface area contributed by atoms with Crippen molar-refractivity contribution < 1.29 is 8.78 Å². The molecular formula is C21H17BrF2S. The zero-order chi connectivity index (χ0) is 17.6. The molecule has 0 N–H and O–H groups in total. The number of rotatable bonds is 6. The van der Waals surface area contributed by atoms with Gasteiger partial charge in [-0.15, -0.1) is 11.8 Å². The Bertz CT molecular complexity index is 816. The lowest BCUT2D eigenvalue weighted by Crippen LogP contribution is -2.00. The van der Waals surface area contributed by atoms with Crippen LogP contribution in [-0.2, 0) is 12.2 Å². The Balaban J connectivity index is 1.78. The van der Waals surface area contributed by atoms with Gasteiger partial charge in [0.25, 0.3) is 0 Å². The average Bonchev–Trinajstić information content (AvgIpc) is 2.61. The molecule has 0 nitrogen and oxygen atoms in total. The molecule has 0 saturated carbocycles. The van der Waals surface area contributed by atoms with E-state index in [1.807, 2.05) is 36.4 Å². The second kappa shape index (κ2) is 8.63. The first kappa shape index (κ1) is 18.2. The topological polar surface area (TPSA) is 0 Å². The molecule has 1 unspecified atom stereocenters. The fourth-order valence-corrected chi connectivity index (χ4v) is 4.29. The lowest BCUT2D eigenvalue weighted by Gasteiger charge is -2.18. The minimum absolute atomic E-state index is 0.171. The molecule has 0 aliphatic heterocycles. The van der Waals surface area contributed by atoms with Crippen LogP contribution >= 0.6 is 27.7 Å². The van der Waals surface area contributed by atoms with Crippen molar-refractivity contribution in [3.63, 3.8) is 0 Å². The zero-order valence-electron chi connectivity index (χ0n) is 13.5. The van der Waals surface area contributed by atoms with E-state index in [4.69, 9.17) is 0 Å². The molecule has 0 aliphatic carbocycles. The maximum atomic E-state index is 13.3. The summed E-state index contributed by atoms with van der Waals surface area (Å²) in [6.45, 7) is 0. The molecular weight excluding hydrogens is 402 g/mol. The largest absolute Gasteiger partial charge is 0.207 e. The Hall–Kier alpha value is -1.65. The first-order valence-corrected chi connectivity index (χ1v) is 9.80. The summed E-state index contributed by atoms with van der Waals surface area (Å²) in [6.07, 6.45) is 0.768. The highest BCUT2D eigenvalue weighted by Gasteiger charge is 2.14. The van der Waals surface area contributed by atoms with Crippen LogP contribution in [0.25, 0.3) is 0 Å². The highest BCUT2D eigenvalue weighted by molar-refractivity contribution is 9.10. The molecule has 3 rings (SSSR count). The van der Waals surface area contributed by atoms with Gasteiger partial charge in [0.15, 0.2) is 0 Å². The lowest BCUT2D eigenvalue weighted by molar-refractivity contribution is 0.625. The molecule has 1 atom stereocenters. The van der Waals surface area contributed by atoms with E-state index in [-0.39, 0.29) is 16.9 Å². The quantitative estimate of drug-likeness (QED) is 0.417. The van der Waals surface area contributed by atoms with Crippen molar-refractivity contribution in [2.45, 2.75) is 17.4 Å². The molecule has 0 saturated heterocycles. The fourth-order valence-electron chi connectivity index (χ4n) is 2.61. The van der Waals surface area contributed by atoms with Crippen LogP contribution in [0.1, 0.15) is 21.9 Å². The first-order valence-electron chi connectivity index (χ1n) is 7.96. The number of thioether (sulfide) groups is 1. The minimum atomic E-state index is -0.235. The maximum Gasteiger partial charge on any atom is 0.123 e. The summed E-state index contributed by atoms with van der Waals surface area (Å²) in [5.41, 5.74) is 3.37. The third kappa shape index (κ3) is 5.41. The van der Waals surface area contributed by atoms with Crippen molar-refractivity contribution in [1.82, 2.24) is 0 Å². The molecule has 0 bridgehead atoms. The third-order valence-corrected chi connectivity index (χ3v) is 5.75. The van der Waals surface area contributed by atoms with Crippen molar-refractivity contribution in [3.05, 3.63) is 106 Å². The summed E-state index contributed by atoms with van der Waals surface area (Å²) in [7, 11) is 0. The average molecular weight is 419 g/mol. The van der Waals surface area contributed by atoms with Gasteiger partial charge in [0.05, 0.1) is 0 Å². The van der Waals surface area contributed by atoms with Gasteiger partial charge in [-0.1, -0.05) is 52.3 Å². The van der Waals surface area contributed by atoms with Gasteiger partial charge >= 0.3 is 0 Å². The summed E-state index contributed by atoms with van der Waals surface area (Å²) in [5, 5.41) is 0.171.